The van der Waals surface area contributed by atoms with Crippen molar-refractivity contribution in [1.29, 1.82) is 0 Å². The van der Waals surface area contributed by atoms with Gasteiger partial charge in [0.05, 0.1) is 5.54 Å². The standard InChI is InChI=1S/C18H23N3O2S/c22-16(13-4-2-1-3-5-13)20-17-21-18(14-6-8-23-9-7-14)12-19-10-15(18)11-24-17/h1-5,14-15,19H,6-12H2,(H,20,21,22)/t15-,18+/m0/s1. The lowest BCUT2D eigenvalue weighted by Gasteiger charge is -2.43. The van der Waals surface area contributed by atoms with Crippen LogP contribution in [0.1, 0.15) is 23.2 Å². The number of nitrogens with one attached hydrogen (secondary N) is 2. The van der Waals surface area contributed by atoms with Crippen molar-refractivity contribution in [2.75, 3.05) is 32.1 Å². The van der Waals surface area contributed by atoms with Crippen molar-refractivity contribution < 1.29 is 9.53 Å². The van der Waals surface area contributed by atoms with Crippen molar-refractivity contribution >= 4 is 22.8 Å². The average molecular weight is 345 g/mol. The molecule has 1 aromatic carbocycles. The Morgan fingerprint density at radius 2 is 2.04 bits per heavy atom. The number of fused-ring (bicyclic) bond motifs is 1. The molecule has 2 fully saturated rings. The van der Waals surface area contributed by atoms with E-state index < -0.39 is 0 Å². The number of hydrogen-bond donors (Lipinski definition) is 2. The van der Waals surface area contributed by atoms with Crippen molar-refractivity contribution in [2.45, 2.75) is 18.4 Å². The number of hydrogen-bond acceptors (Lipinski definition) is 5. The normalized spacial score (nSPS) is 30.5. The van der Waals surface area contributed by atoms with E-state index in [0.717, 1.165) is 50.1 Å². The molecule has 2 atom stereocenters. The third-order valence-electron chi connectivity index (χ3n) is 5.42. The minimum Gasteiger partial charge on any atom is -0.381 e. The summed E-state index contributed by atoms with van der Waals surface area (Å²) in [7, 11) is 0. The van der Waals surface area contributed by atoms with Gasteiger partial charge in [-0.1, -0.05) is 30.0 Å². The fraction of sp³-hybridized carbons (Fsp3) is 0.556. The molecule has 128 valence electrons. The molecule has 5 nitrogen and oxygen atoms in total. The van der Waals surface area contributed by atoms with Crippen LogP contribution < -0.4 is 10.6 Å². The van der Waals surface area contributed by atoms with Gasteiger partial charge in [0, 0.05) is 43.5 Å². The monoisotopic (exact) mass is 345 g/mol. The fourth-order valence-corrected chi connectivity index (χ4v) is 5.26. The predicted octanol–water partition coefficient (Wildman–Crippen LogP) is 1.90. The van der Waals surface area contributed by atoms with Gasteiger partial charge in [0.2, 0.25) is 0 Å². The van der Waals surface area contributed by atoms with Crippen LogP contribution in [-0.4, -0.2) is 48.7 Å². The van der Waals surface area contributed by atoms with Gasteiger partial charge in [-0.2, -0.15) is 0 Å². The Morgan fingerprint density at radius 1 is 1.25 bits per heavy atom. The first-order chi connectivity index (χ1) is 11.8. The second-order valence-electron chi connectivity index (χ2n) is 6.75. The molecule has 0 aliphatic carbocycles. The Kier molecular flexibility index (Phi) is 4.61. The topological polar surface area (TPSA) is 62.7 Å². The Balaban J connectivity index is 1.56. The number of aliphatic imine (C=N–C) groups is 1. The highest BCUT2D eigenvalue weighted by Crippen LogP contribution is 2.43. The van der Waals surface area contributed by atoms with Gasteiger partial charge in [0.15, 0.2) is 5.17 Å². The maximum atomic E-state index is 12.4. The van der Waals surface area contributed by atoms with Crippen LogP contribution in [-0.2, 0) is 4.74 Å². The molecule has 6 heteroatoms. The Morgan fingerprint density at radius 3 is 2.83 bits per heavy atom. The number of carbonyl (C=O) groups is 1. The molecule has 0 spiro atoms. The van der Waals surface area contributed by atoms with Gasteiger partial charge >= 0.3 is 0 Å². The van der Waals surface area contributed by atoms with Crippen LogP contribution in [0.2, 0.25) is 0 Å². The number of carbonyl (C=O) groups excluding carboxylic acids is 1. The van der Waals surface area contributed by atoms with Crippen LogP contribution in [0.4, 0.5) is 0 Å². The molecule has 2 N–H and O–H groups in total. The van der Waals surface area contributed by atoms with Gasteiger partial charge in [-0.05, 0) is 30.9 Å². The fourth-order valence-electron chi connectivity index (χ4n) is 4.09. The highest BCUT2D eigenvalue weighted by atomic mass is 32.2. The van der Waals surface area contributed by atoms with E-state index in [0.29, 0.717) is 17.4 Å². The maximum absolute atomic E-state index is 12.4. The molecule has 0 bridgehead atoms. The number of nitrogens with zero attached hydrogens (tertiary/aromatic N) is 1. The first-order valence-corrected chi connectivity index (χ1v) is 9.64. The molecule has 0 unspecified atom stereocenters. The molecule has 4 rings (SSSR count). The molecule has 1 aromatic rings. The summed E-state index contributed by atoms with van der Waals surface area (Å²) in [5.74, 6) is 2.02. The molecule has 0 aromatic heterocycles. The molecular weight excluding hydrogens is 322 g/mol. The minimum absolute atomic E-state index is 0.0751. The second kappa shape index (κ2) is 6.86. The summed E-state index contributed by atoms with van der Waals surface area (Å²) < 4.78 is 5.54. The average Bonchev–Trinajstić information content (AvgIpc) is 3.07. The van der Waals surface area contributed by atoms with Crippen LogP contribution in [0.5, 0.6) is 0 Å². The number of thioether (sulfide) groups is 1. The summed E-state index contributed by atoms with van der Waals surface area (Å²) in [6.07, 6.45) is 2.12. The first-order valence-electron chi connectivity index (χ1n) is 8.65. The summed E-state index contributed by atoms with van der Waals surface area (Å²) in [4.78, 5) is 17.5. The van der Waals surface area contributed by atoms with Crippen molar-refractivity contribution in [2.24, 2.45) is 16.8 Å². The molecule has 2 saturated heterocycles. The zero-order chi connectivity index (χ0) is 16.4. The van der Waals surface area contributed by atoms with E-state index in [4.69, 9.17) is 9.73 Å². The third kappa shape index (κ3) is 2.98. The Labute approximate surface area is 146 Å². The van der Waals surface area contributed by atoms with Crippen molar-refractivity contribution in [1.82, 2.24) is 10.6 Å². The van der Waals surface area contributed by atoms with E-state index in [1.54, 1.807) is 11.8 Å². The van der Waals surface area contributed by atoms with Gasteiger partial charge in [-0.3, -0.25) is 9.79 Å². The van der Waals surface area contributed by atoms with E-state index in [1.165, 1.54) is 0 Å². The van der Waals surface area contributed by atoms with Crippen LogP contribution >= 0.6 is 11.8 Å². The van der Waals surface area contributed by atoms with Crippen molar-refractivity contribution in [3.05, 3.63) is 35.9 Å². The molecular formula is C18H23N3O2S. The van der Waals surface area contributed by atoms with E-state index in [9.17, 15) is 4.79 Å². The quantitative estimate of drug-likeness (QED) is 0.859. The first kappa shape index (κ1) is 16.1. The molecule has 24 heavy (non-hydrogen) atoms. The van der Waals surface area contributed by atoms with Crippen LogP contribution in [0.25, 0.3) is 0 Å². The van der Waals surface area contributed by atoms with E-state index in [1.807, 2.05) is 30.3 Å². The van der Waals surface area contributed by atoms with E-state index in [2.05, 4.69) is 10.6 Å². The summed E-state index contributed by atoms with van der Waals surface area (Å²) in [5, 5.41) is 7.33. The molecule has 1 amide bonds. The van der Waals surface area contributed by atoms with E-state index in [-0.39, 0.29) is 11.4 Å². The van der Waals surface area contributed by atoms with Crippen LogP contribution in [0.15, 0.2) is 35.3 Å². The lowest BCUT2D eigenvalue weighted by molar-refractivity contribution is 0.0348. The number of benzene rings is 1. The largest absolute Gasteiger partial charge is 0.381 e. The highest BCUT2D eigenvalue weighted by molar-refractivity contribution is 8.13. The molecule has 0 saturated carbocycles. The SMILES string of the molecule is O=C(NC1=N[C@@]2(C3CCOCC3)CNC[C@H]2CS1)c1ccccc1. The molecule has 3 heterocycles. The third-order valence-corrected chi connectivity index (χ3v) is 6.46. The number of amidine groups is 1. The maximum Gasteiger partial charge on any atom is 0.257 e. The number of ether oxygens (including phenoxy) is 1. The number of amides is 1. The van der Waals surface area contributed by atoms with Gasteiger partial charge in [-0.25, -0.2) is 0 Å². The zero-order valence-corrected chi connectivity index (χ0v) is 14.5. The van der Waals surface area contributed by atoms with E-state index >= 15 is 0 Å². The summed E-state index contributed by atoms with van der Waals surface area (Å²) in [6, 6.07) is 9.34. The summed E-state index contributed by atoms with van der Waals surface area (Å²) in [6.45, 7) is 3.59. The molecule has 3 aliphatic rings. The van der Waals surface area contributed by atoms with Gasteiger partial charge in [-0.15, -0.1) is 0 Å². The summed E-state index contributed by atoms with van der Waals surface area (Å²) >= 11 is 1.67. The predicted molar refractivity (Wildman–Crippen MR) is 96.4 cm³/mol. The zero-order valence-electron chi connectivity index (χ0n) is 13.7. The van der Waals surface area contributed by atoms with Gasteiger partial charge < -0.3 is 15.4 Å². The lowest BCUT2D eigenvalue weighted by Crippen LogP contribution is -2.51. The smallest absolute Gasteiger partial charge is 0.257 e. The molecule has 3 aliphatic heterocycles. The minimum atomic E-state index is -0.0756. The van der Waals surface area contributed by atoms with Crippen LogP contribution in [0, 0.1) is 11.8 Å². The Bertz CT molecular complexity index is 630. The van der Waals surface area contributed by atoms with Crippen molar-refractivity contribution in [3.63, 3.8) is 0 Å². The second-order valence-corrected chi connectivity index (χ2v) is 7.76. The van der Waals surface area contributed by atoms with Crippen LogP contribution in [0.3, 0.4) is 0 Å². The highest BCUT2D eigenvalue weighted by Gasteiger charge is 2.51. The van der Waals surface area contributed by atoms with Gasteiger partial charge in [0.25, 0.3) is 5.91 Å². The molecule has 0 radical (unpaired) electrons. The Hall–Kier alpha value is -1.37. The number of rotatable bonds is 2. The van der Waals surface area contributed by atoms with Crippen molar-refractivity contribution in [3.8, 4) is 0 Å². The summed E-state index contributed by atoms with van der Waals surface area (Å²) in [5.41, 5.74) is 0.599. The lowest BCUT2D eigenvalue weighted by atomic mass is 9.73. The van der Waals surface area contributed by atoms with Gasteiger partial charge in [0.1, 0.15) is 0 Å².